The summed E-state index contributed by atoms with van der Waals surface area (Å²) in [7, 11) is -3.78. The lowest BCUT2D eigenvalue weighted by Gasteiger charge is -2.22. The molecule has 0 aliphatic carbocycles. The van der Waals surface area contributed by atoms with Crippen molar-refractivity contribution in [3.05, 3.63) is 53.8 Å². The van der Waals surface area contributed by atoms with Crippen LogP contribution in [0.5, 0.6) is 0 Å². The molecule has 0 bridgehead atoms. The highest BCUT2D eigenvalue weighted by molar-refractivity contribution is 7.89. The summed E-state index contributed by atoms with van der Waals surface area (Å²) < 4.78 is 49.8. The van der Waals surface area contributed by atoms with Gasteiger partial charge < -0.3 is 4.90 Å². The van der Waals surface area contributed by atoms with Crippen molar-refractivity contribution < 1.29 is 17.6 Å². The molecule has 2 aromatic rings. The molecule has 10 heteroatoms. The zero-order valence-electron chi connectivity index (χ0n) is 14.8. The first-order chi connectivity index (χ1) is 13.5. The molecule has 2 aliphatic heterocycles. The fraction of sp³-hybridized carbons (Fsp3) is 0.278. The average Bonchev–Trinajstić information content (AvgIpc) is 3.03. The van der Waals surface area contributed by atoms with E-state index in [2.05, 4.69) is 8.73 Å². The van der Waals surface area contributed by atoms with E-state index in [1.165, 1.54) is 33.5 Å². The van der Waals surface area contributed by atoms with Crippen LogP contribution < -0.4 is 0 Å². The maximum absolute atomic E-state index is 13.9. The van der Waals surface area contributed by atoms with Crippen LogP contribution in [0.4, 0.5) is 15.8 Å². The minimum atomic E-state index is -3.78. The van der Waals surface area contributed by atoms with Crippen LogP contribution in [-0.4, -0.2) is 49.7 Å². The fourth-order valence-electron chi connectivity index (χ4n) is 3.27. The molecule has 0 atom stereocenters. The van der Waals surface area contributed by atoms with Crippen molar-refractivity contribution in [2.24, 2.45) is 8.73 Å². The van der Waals surface area contributed by atoms with Gasteiger partial charge >= 0.3 is 0 Å². The van der Waals surface area contributed by atoms with Crippen molar-refractivity contribution in [2.75, 3.05) is 26.2 Å². The second-order valence-electron chi connectivity index (χ2n) is 6.42. The lowest BCUT2D eigenvalue weighted by molar-refractivity contribution is 0.0759. The number of nitrogens with zero attached hydrogens (tertiary/aromatic N) is 4. The Hall–Kier alpha value is -2.43. The summed E-state index contributed by atoms with van der Waals surface area (Å²) in [6.07, 6.45) is 0.463. The molecular formula is C18H17FN4O3S2. The fourth-order valence-corrected chi connectivity index (χ4v) is 5.49. The molecule has 2 heterocycles. The number of hydrogen-bond acceptors (Lipinski definition) is 5. The summed E-state index contributed by atoms with van der Waals surface area (Å²) in [4.78, 5) is 14.3. The largest absolute Gasteiger partial charge is 0.337 e. The molecule has 4 rings (SSSR count). The number of hydrogen-bond donors (Lipinski definition) is 0. The van der Waals surface area contributed by atoms with E-state index in [4.69, 9.17) is 0 Å². The number of halogens is 1. The Labute approximate surface area is 165 Å². The van der Waals surface area contributed by atoms with E-state index in [-0.39, 0.29) is 30.1 Å². The maximum atomic E-state index is 13.9. The molecule has 0 unspecified atom stereocenters. The molecule has 0 radical (unpaired) electrons. The highest BCUT2D eigenvalue weighted by Gasteiger charge is 2.32. The van der Waals surface area contributed by atoms with Gasteiger partial charge in [-0.05, 0) is 30.7 Å². The molecule has 2 aromatic carbocycles. The van der Waals surface area contributed by atoms with E-state index in [1.807, 2.05) is 0 Å². The predicted molar refractivity (Wildman–Crippen MR) is 104 cm³/mol. The van der Waals surface area contributed by atoms with Crippen molar-refractivity contribution >= 4 is 38.7 Å². The van der Waals surface area contributed by atoms with Crippen molar-refractivity contribution in [3.8, 4) is 0 Å². The Kier molecular flexibility index (Phi) is 5.09. The zero-order chi connectivity index (χ0) is 19.7. The predicted octanol–water partition coefficient (Wildman–Crippen LogP) is 3.09. The molecule has 146 valence electrons. The monoisotopic (exact) mass is 420 g/mol. The SMILES string of the molecule is O=C(c1ccccc1F)N1CCCN(S(=O)(=O)c2cccc3c2N=S=N3)CC1. The van der Waals surface area contributed by atoms with Crippen molar-refractivity contribution in [2.45, 2.75) is 11.3 Å². The van der Waals surface area contributed by atoms with Gasteiger partial charge in [-0.3, -0.25) is 4.79 Å². The van der Waals surface area contributed by atoms with Crippen molar-refractivity contribution in [3.63, 3.8) is 0 Å². The van der Waals surface area contributed by atoms with Crippen LogP contribution in [0.25, 0.3) is 0 Å². The Balaban J connectivity index is 1.55. The third-order valence-corrected chi connectivity index (χ3v) is 7.19. The van der Waals surface area contributed by atoms with Gasteiger partial charge in [0.1, 0.15) is 22.1 Å². The first-order valence-electron chi connectivity index (χ1n) is 8.74. The van der Waals surface area contributed by atoms with Crippen LogP contribution in [0.3, 0.4) is 0 Å². The topological polar surface area (TPSA) is 82.4 Å². The first-order valence-corrected chi connectivity index (χ1v) is 10.9. The summed E-state index contributed by atoms with van der Waals surface area (Å²) in [5.74, 6) is -1.01. The molecule has 28 heavy (non-hydrogen) atoms. The number of sulfonamides is 1. The summed E-state index contributed by atoms with van der Waals surface area (Å²) in [6, 6.07) is 10.7. The molecule has 1 saturated heterocycles. The number of carbonyl (C=O) groups excluding carboxylic acids is 1. The lowest BCUT2D eigenvalue weighted by atomic mass is 10.2. The molecule has 0 aromatic heterocycles. The van der Waals surface area contributed by atoms with Crippen LogP contribution in [0.2, 0.25) is 0 Å². The highest BCUT2D eigenvalue weighted by atomic mass is 32.2. The van der Waals surface area contributed by atoms with Crippen LogP contribution in [0.1, 0.15) is 16.8 Å². The number of rotatable bonds is 3. The molecule has 7 nitrogen and oxygen atoms in total. The van der Waals surface area contributed by atoms with E-state index in [0.717, 1.165) is 11.4 Å². The summed E-state index contributed by atoms with van der Waals surface area (Å²) in [5.41, 5.74) is 0.894. The van der Waals surface area contributed by atoms with Gasteiger partial charge in [0.2, 0.25) is 10.0 Å². The molecule has 1 fully saturated rings. The average molecular weight is 420 g/mol. The van der Waals surface area contributed by atoms with Gasteiger partial charge in [-0.2, -0.15) is 13.0 Å². The third-order valence-electron chi connectivity index (χ3n) is 4.71. The quantitative estimate of drug-likeness (QED) is 0.653. The van der Waals surface area contributed by atoms with E-state index in [9.17, 15) is 17.6 Å². The molecule has 1 amide bonds. The van der Waals surface area contributed by atoms with E-state index >= 15 is 0 Å². The molecule has 0 N–H and O–H groups in total. The first kappa shape index (κ1) is 18.9. The van der Waals surface area contributed by atoms with Gasteiger partial charge in [0, 0.05) is 26.2 Å². The van der Waals surface area contributed by atoms with Crippen molar-refractivity contribution in [1.29, 1.82) is 0 Å². The van der Waals surface area contributed by atoms with Crippen LogP contribution in [-0.2, 0) is 21.4 Å². The normalized spacial score (nSPS) is 17.1. The van der Waals surface area contributed by atoms with Crippen molar-refractivity contribution in [1.82, 2.24) is 9.21 Å². The maximum Gasteiger partial charge on any atom is 0.256 e. The summed E-state index contributed by atoms with van der Waals surface area (Å²) >= 11 is 0.966. The number of benzene rings is 2. The molecule has 0 spiro atoms. The molecule has 0 saturated carbocycles. The van der Waals surface area contributed by atoms with Gasteiger partial charge in [0.05, 0.1) is 16.9 Å². The van der Waals surface area contributed by atoms with E-state index < -0.39 is 21.7 Å². The minimum Gasteiger partial charge on any atom is -0.337 e. The number of amides is 1. The Morgan fingerprint density at radius 1 is 1.00 bits per heavy atom. The van der Waals surface area contributed by atoms with Crippen LogP contribution in [0, 0.1) is 5.82 Å². The van der Waals surface area contributed by atoms with E-state index in [0.29, 0.717) is 24.3 Å². The van der Waals surface area contributed by atoms with Gasteiger partial charge in [-0.15, -0.1) is 0 Å². The molecular weight excluding hydrogens is 403 g/mol. The third kappa shape index (κ3) is 3.38. The van der Waals surface area contributed by atoms with Gasteiger partial charge in [0.25, 0.3) is 5.91 Å². The summed E-state index contributed by atoms with van der Waals surface area (Å²) in [5, 5.41) is 0. The number of fused-ring (bicyclic) bond motifs is 1. The standard InChI is InChI=1S/C18H17FN4O3S2/c19-14-6-2-1-5-13(14)18(24)22-9-4-10-23(12-11-22)28(25,26)16-8-3-7-15-17(16)21-27-20-15/h1-3,5-8H,4,9-12H2. The lowest BCUT2D eigenvalue weighted by Crippen LogP contribution is -2.37. The minimum absolute atomic E-state index is 0.00266. The Morgan fingerprint density at radius 3 is 2.64 bits per heavy atom. The molecule has 2 aliphatic rings. The number of carbonyl (C=O) groups is 1. The zero-order valence-corrected chi connectivity index (χ0v) is 16.4. The van der Waals surface area contributed by atoms with E-state index in [1.54, 1.807) is 18.2 Å². The Morgan fingerprint density at radius 2 is 1.82 bits per heavy atom. The van der Waals surface area contributed by atoms with Gasteiger partial charge in [0.15, 0.2) is 0 Å². The van der Waals surface area contributed by atoms with Crippen LogP contribution >= 0.6 is 0 Å². The Bertz CT molecular complexity index is 1110. The second-order valence-corrected chi connectivity index (χ2v) is 8.85. The van der Waals surface area contributed by atoms with Gasteiger partial charge in [-0.25, -0.2) is 12.8 Å². The summed E-state index contributed by atoms with van der Waals surface area (Å²) in [6.45, 7) is 0.965. The van der Waals surface area contributed by atoms with Crippen LogP contribution in [0.15, 0.2) is 56.1 Å². The van der Waals surface area contributed by atoms with Gasteiger partial charge in [-0.1, -0.05) is 18.2 Å². The smallest absolute Gasteiger partial charge is 0.256 e. The second kappa shape index (κ2) is 7.53. The highest BCUT2D eigenvalue weighted by Crippen LogP contribution is 2.38.